The van der Waals surface area contributed by atoms with Gasteiger partial charge >= 0.3 is 0 Å². The lowest BCUT2D eigenvalue weighted by Crippen LogP contribution is -2.48. The van der Waals surface area contributed by atoms with Gasteiger partial charge in [0.15, 0.2) is 0 Å². The Kier molecular flexibility index (Phi) is 5.83. The van der Waals surface area contributed by atoms with Gasteiger partial charge in [-0.15, -0.1) is 0 Å². The van der Waals surface area contributed by atoms with Gasteiger partial charge in [0.1, 0.15) is 5.75 Å². The summed E-state index contributed by atoms with van der Waals surface area (Å²) in [6.45, 7) is 5.07. The number of hydrogen-bond acceptors (Lipinski definition) is 3. The second-order valence-electron chi connectivity index (χ2n) is 6.26. The highest BCUT2D eigenvalue weighted by atomic mass is 16.5. The zero-order valence-electron chi connectivity index (χ0n) is 13.8. The SMILES string of the molecule is COc1ccccc1C(C)CC(=O)N1CCCC(CO)C1C. The predicted octanol–water partition coefficient (Wildman–Crippen LogP) is 2.81. The first-order valence-electron chi connectivity index (χ1n) is 8.11. The molecular weight excluding hydrogens is 278 g/mol. The fourth-order valence-corrected chi connectivity index (χ4v) is 3.38. The Balaban J connectivity index is 2.04. The van der Waals surface area contributed by atoms with Crippen molar-refractivity contribution >= 4 is 5.91 Å². The molecular formula is C18H27NO3. The van der Waals surface area contributed by atoms with E-state index in [1.165, 1.54) is 0 Å². The van der Waals surface area contributed by atoms with E-state index in [9.17, 15) is 9.90 Å². The molecule has 0 aromatic heterocycles. The molecule has 1 aliphatic rings. The van der Waals surface area contributed by atoms with E-state index in [2.05, 4.69) is 6.92 Å². The van der Waals surface area contributed by atoms with Gasteiger partial charge in [-0.1, -0.05) is 25.1 Å². The van der Waals surface area contributed by atoms with Gasteiger partial charge in [0, 0.05) is 31.5 Å². The van der Waals surface area contributed by atoms with Crippen LogP contribution in [0, 0.1) is 5.92 Å². The van der Waals surface area contributed by atoms with E-state index < -0.39 is 0 Å². The Morgan fingerprint density at radius 1 is 1.45 bits per heavy atom. The molecule has 3 atom stereocenters. The molecule has 0 aliphatic carbocycles. The van der Waals surface area contributed by atoms with Gasteiger partial charge in [-0.3, -0.25) is 4.79 Å². The summed E-state index contributed by atoms with van der Waals surface area (Å²) in [5.41, 5.74) is 1.07. The third-order valence-electron chi connectivity index (χ3n) is 4.85. The topological polar surface area (TPSA) is 49.8 Å². The summed E-state index contributed by atoms with van der Waals surface area (Å²) < 4.78 is 5.39. The smallest absolute Gasteiger partial charge is 0.223 e. The number of methoxy groups -OCH3 is 1. The van der Waals surface area contributed by atoms with Crippen molar-refractivity contribution in [3.05, 3.63) is 29.8 Å². The van der Waals surface area contributed by atoms with Crippen molar-refractivity contribution in [3.63, 3.8) is 0 Å². The number of amides is 1. The van der Waals surface area contributed by atoms with Crippen molar-refractivity contribution < 1.29 is 14.6 Å². The molecule has 1 amide bonds. The van der Waals surface area contributed by atoms with E-state index >= 15 is 0 Å². The lowest BCUT2D eigenvalue weighted by Gasteiger charge is -2.39. The quantitative estimate of drug-likeness (QED) is 0.910. The van der Waals surface area contributed by atoms with Crippen molar-refractivity contribution in [2.75, 3.05) is 20.3 Å². The van der Waals surface area contributed by atoms with E-state index in [0.29, 0.717) is 6.42 Å². The Hall–Kier alpha value is -1.55. The van der Waals surface area contributed by atoms with Crippen molar-refractivity contribution in [2.24, 2.45) is 5.92 Å². The molecule has 1 fully saturated rings. The molecule has 4 nitrogen and oxygen atoms in total. The van der Waals surface area contributed by atoms with Gasteiger partial charge in [0.2, 0.25) is 5.91 Å². The van der Waals surface area contributed by atoms with Crippen LogP contribution in [0.1, 0.15) is 44.6 Å². The van der Waals surface area contributed by atoms with Crippen LogP contribution >= 0.6 is 0 Å². The standard InChI is InChI=1S/C18H27NO3/c1-13(16-8-4-5-9-17(16)22-3)11-18(21)19-10-6-7-15(12-20)14(19)2/h4-5,8-9,13-15,20H,6-7,10-12H2,1-3H3. The Morgan fingerprint density at radius 2 is 2.18 bits per heavy atom. The molecule has 1 aromatic carbocycles. The summed E-state index contributed by atoms with van der Waals surface area (Å²) >= 11 is 0. The maximum absolute atomic E-state index is 12.7. The number of aliphatic hydroxyl groups excluding tert-OH is 1. The summed E-state index contributed by atoms with van der Waals surface area (Å²) in [6, 6.07) is 7.99. The summed E-state index contributed by atoms with van der Waals surface area (Å²) in [4.78, 5) is 14.6. The third-order valence-corrected chi connectivity index (χ3v) is 4.85. The number of carbonyl (C=O) groups excluding carboxylic acids is 1. The Labute approximate surface area is 133 Å². The molecule has 1 aromatic rings. The highest BCUT2D eigenvalue weighted by Crippen LogP contribution is 2.30. The number of para-hydroxylation sites is 1. The van der Waals surface area contributed by atoms with Gasteiger partial charge in [-0.05, 0) is 37.3 Å². The van der Waals surface area contributed by atoms with Gasteiger partial charge < -0.3 is 14.7 Å². The normalized spacial score (nSPS) is 23.2. The lowest BCUT2D eigenvalue weighted by atomic mass is 9.89. The minimum Gasteiger partial charge on any atom is -0.496 e. The summed E-state index contributed by atoms with van der Waals surface area (Å²) in [5.74, 6) is 1.33. The van der Waals surface area contributed by atoms with E-state index in [1.807, 2.05) is 36.1 Å². The van der Waals surface area contributed by atoms with E-state index in [0.717, 1.165) is 30.7 Å². The molecule has 1 N–H and O–H groups in total. The molecule has 0 bridgehead atoms. The van der Waals surface area contributed by atoms with Gasteiger partial charge in [0.25, 0.3) is 0 Å². The summed E-state index contributed by atoms with van der Waals surface area (Å²) in [7, 11) is 1.66. The van der Waals surface area contributed by atoms with E-state index in [4.69, 9.17) is 4.74 Å². The summed E-state index contributed by atoms with van der Waals surface area (Å²) in [6.07, 6.45) is 2.46. The minimum atomic E-state index is 0.116. The predicted molar refractivity (Wildman–Crippen MR) is 87.0 cm³/mol. The average molecular weight is 305 g/mol. The lowest BCUT2D eigenvalue weighted by molar-refractivity contribution is -0.136. The van der Waals surface area contributed by atoms with Crippen LogP contribution in [0.15, 0.2) is 24.3 Å². The van der Waals surface area contributed by atoms with Gasteiger partial charge in [0.05, 0.1) is 7.11 Å². The van der Waals surface area contributed by atoms with Gasteiger partial charge in [-0.2, -0.15) is 0 Å². The van der Waals surface area contributed by atoms with E-state index in [1.54, 1.807) is 7.11 Å². The maximum Gasteiger partial charge on any atom is 0.223 e. The van der Waals surface area contributed by atoms with Crippen LogP contribution in [0.25, 0.3) is 0 Å². The molecule has 0 radical (unpaired) electrons. The molecule has 4 heteroatoms. The number of hydrogen-bond donors (Lipinski definition) is 1. The number of benzene rings is 1. The Morgan fingerprint density at radius 3 is 2.86 bits per heavy atom. The molecule has 1 saturated heterocycles. The number of carbonyl (C=O) groups is 1. The highest BCUT2D eigenvalue weighted by molar-refractivity contribution is 5.77. The van der Waals surface area contributed by atoms with Crippen LogP contribution in [0.4, 0.5) is 0 Å². The van der Waals surface area contributed by atoms with Crippen LogP contribution in [-0.2, 0) is 4.79 Å². The van der Waals surface area contributed by atoms with Crippen molar-refractivity contribution in [1.82, 2.24) is 4.90 Å². The fraction of sp³-hybridized carbons (Fsp3) is 0.611. The number of piperidine rings is 1. The number of rotatable bonds is 5. The molecule has 2 rings (SSSR count). The average Bonchev–Trinajstić information content (AvgIpc) is 2.54. The zero-order valence-corrected chi connectivity index (χ0v) is 13.8. The number of likely N-dealkylation sites (tertiary alicyclic amines) is 1. The third kappa shape index (κ3) is 3.61. The summed E-state index contributed by atoms with van der Waals surface area (Å²) in [5, 5.41) is 9.43. The van der Waals surface area contributed by atoms with Crippen LogP contribution < -0.4 is 4.74 Å². The molecule has 1 heterocycles. The first-order valence-corrected chi connectivity index (χ1v) is 8.11. The fourth-order valence-electron chi connectivity index (χ4n) is 3.38. The molecule has 0 saturated carbocycles. The molecule has 122 valence electrons. The highest BCUT2D eigenvalue weighted by Gasteiger charge is 2.31. The number of nitrogens with zero attached hydrogens (tertiary/aromatic N) is 1. The second kappa shape index (κ2) is 7.63. The first-order chi connectivity index (χ1) is 10.6. The van der Waals surface area contributed by atoms with Crippen LogP contribution in [0.2, 0.25) is 0 Å². The van der Waals surface area contributed by atoms with Crippen molar-refractivity contribution in [1.29, 1.82) is 0 Å². The molecule has 22 heavy (non-hydrogen) atoms. The zero-order chi connectivity index (χ0) is 16.1. The molecule has 3 unspecified atom stereocenters. The molecule has 1 aliphatic heterocycles. The minimum absolute atomic E-state index is 0.116. The van der Waals surface area contributed by atoms with Crippen molar-refractivity contribution in [3.8, 4) is 5.75 Å². The Bertz CT molecular complexity index is 503. The van der Waals surface area contributed by atoms with Crippen LogP contribution in [-0.4, -0.2) is 42.2 Å². The first kappa shape index (κ1) is 16.8. The van der Waals surface area contributed by atoms with Gasteiger partial charge in [-0.25, -0.2) is 0 Å². The second-order valence-corrected chi connectivity index (χ2v) is 6.26. The van der Waals surface area contributed by atoms with Crippen LogP contribution in [0.3, 0.4) is 0 Å². The van der Waals surface area contributed by atoms with Crippen LogP contribution in [0.5, 0.6) is 5.75 Å². The largest absolute Gasteiger partial charge is 0.496 e. The van der Waals surface area contributed by atoms with E-state index in [-0.39, 0.29) is 30.4 Å². The maximum atomic E-state index is 12.7. The number of aliphatic hydroxyl groups is 1. The number of ether oxygens (including phenoxy) is 1. The van der Waals surface area contributed by atoms with Crippen molar-refractivity contribution in [2.45, 2.75) is 45.1 Å². The molecule has 0 spiro atoms. The monoisotopic (exact) mass is 305 g/mol.